The molecule has 2 saturated heterocycles. The maximum Gasteiger partial charge on any atom is 0.236 e. The molecule has 2 aliphatic rings. The Labute approximate surface area is 70.7 Å². The van der Waals surface area contributed by atoms with Crippen molar-refractivity contribution in [3.05, 3.63) is 0 Å². The van der Waals surface area contributed by atoms with Gasteiger partial charge in [-0.3, -0.25) is 4.79 Å². The van der Waals surface area contributed by atoms with Gasteiger partial charge in [-0.15, -0.1) is 0 Å². The van der Waals surface area contributed by atoms with E-state index in [1.54, 1.807) is 4.90 Å². The zero-order chi connectivity index (χ0) is 8.60. The van der Waals surface area contributed by atoms with E-state index in [2.05, 4.69) is 0 Å². The molecule has 0 saturated carbocycles. The van der Waals surface area contributed by atoms with Crippen LogP contribution in [0.1, 0.15) is 12.8 Å². The van der Waals surface area contributed by atoms with Crippen molar-refractivity contribution in [3.8, 4) is 6.07 Å². The quantitative estimate of drug-likeness (QED) is 0.546. The Morgan fingerprint density at radius 1 is 1.67 bits per heavy atom. The second-order valence-corrected chi connectivity index (χ2v) is 3.37. The largest absolute Gasteiger partial charge is 0.371 e. The third kappa shape index (κ3) is 0.978. The van der Waals surface area contributed by atoms with Crippen LogP contribution in [0.2, 0.25) is 0 Å². The summed E-state index contributed by atoms with van der Waals surface area (Å²) < 4.78 is 5.34. The summed E-state index contributed by atoms with van der Waals surface area (Å²) in [5.41, 5.74) is -0.00881. The summed E-state index contributed by atoms with van der Waals surface area (Å²) in [5, 5.41) is 8.28. The van der Waals surface area contributed by atoms with Gasteiger partial charge >= 0.3 is 0 Å². The van der Waals surface area contributed by atoms with Gasteiger partial charge in [-0.2, -0.15) is 5.26 Å². The number of hydrogen-bond donors (Lipinski definition) is 0. The fourth-order valence-corrected chi connectivity index (χ4v) is 1.65. The average molecular weight is 166 g/mol. The Bertz CT molecular complexity index is 244. The van der Waals surface area contributed by atoms with Crippen LogP contribution in [0.4, 0.5) is 0 Å². The molecule has 1 spiro atoms. The summed E-state index contributed by atoms with van der Waals surface area (Å²) in [6.45, 7) is 2.20. The summed E-state index contributed by atoms with van der Waals surface area (Å²) in [4.78, 5) is 12.8. The first kappa shape index (κ1) is 7.56. The molecule has 0 N–H and O–H groups in total. The molecule has 1 amide bonds. The highest BCUT2D eigenvalue weighted by atomic mass is 16.5. The van der Waals surface area contributed by atoms with Gasteiger partial charge in [0.2, 0.25) is 5.91 Å². The van der Waals surface area contributed by atoms with Crippen molar-refractivity contribution >= 4 is 5.91 Å². The van der Waals surface area contributed by atoms with E-state index in [0.717, 1.165) is 13.0 Å². The van der Waals surface area contributed by atoms with Crippen LogP contribution in [-0.2, 0) is 9.53 Å². The molecule has 0 radical (unpaired) electrons. The van der Waals surface area contributed by atoms with Crippen LogP contribution in [-0.4, -0.2) is 36.1 Å². The number of rotatable bonds is 1. The molecule has 12 heavy (non-hydrogen) atoms. The van der Waals surface area contributed by atoms with E-state index < -0.39 is 0 Å². The van der Waals surface area contributed by atoms with Gasteiger partial charge in [0, 0.05) is 6.42 Å². The average Bonchev–Trinajstić information content (AvgIpc) is 1.81. The Morgan fingerprint density at radius 2 is 2.33 bits per heavy atom. The SMILES string of the molecule is N#CCC(=O)N1CC2(CCO2)C1. The van der Waals surface area contributed by atoms with Crippen molar-refractivity contribution in [2.45, 2.75) is 18.4 Å². The van der Waals surface area contributed by atoms with E-state index in [0.29, 0.717) is 13.1 Å². The number of ether oxygens (including phenoxy) is 1. The molecule has 0 aromatic rings. The number of nitriles is 1. The van der Waals surface area contributed by atoms with E-state index in [9.17, 15) is 4.79 Å². The van der Waals surface area contributed by atoms with Crippen LogP contribution in [0.15, 0.2) is 0 Å². The lowest BCUT2D eigenvalue weighted by Crippen LogP contribution is -2.69. The van der Waals surface area contributed by atoms with Gasteiger partial charge in [-0.05, 0) is 0 Å². The zero-order valence-corrected chi connectivity index (χ0v) is 6.75. The molecule has 0 atom stereocenters. The van der Waals surface area contributed by atoms with Crippen LogP contribution < -0.4 is 0 Å². The van der Waals surface area contributed by atoms with Gasteiger partial charge in [0.25, 0.3) is 0 Å². The molecule has 2 fully saturated rings. The van der Waals surface area contributed by atoms with Crippen LogP contribution in [0.3, 0.4) is 0 Å². The minimum atomic E-state index is -0.0707. The highest BCUT2D eigenvalue weighted by Crippen LogP contribution is 2.35. The van der Waals surface area contributed by atoms with Gasteiger partial charge in [0.05, 0.1) is 25.8 Å². The normalized spacial score (nSPS) is 24.1. The monoisotopic (exact) mass is 166 g/mol. The summed E-state index contributed by atoms with van der Waals surface area (Å²) in [6, 6.07) is 1.85. The Balaban J connectivity index is 1.81. The van der Waals surface area contributed by atoms with E-state index in [1.165, 1.54) is 0 Å². The van der Waals surface area contributed by atoms with E-state index >= 15 is 0 Å². The predicted molar refractivity (Wildman–Crippen MR) is 40.1 cm³/mol. The molecular weight excluding hydrogens is 156 g/mol. The number of carbonyl (C=O) groups excluding carboxylic acids is 1. The molecule has 0 aliphatic carbocycles. The lowest BCUT2D eigenvalue weighted by atomic mass is 9.86. The lowest BCUT2D eigenvalue weighted by Gasteiger charge is -2.54. The van der Waals surface area contributed by atoms with E-state index in [-0.39, 0.29) is 17.9 Å². The molecule has 0 bridgehead atoms. The molecule has 64 valence electrons. The number of likely N-dealkylation sites (tertiary alicyclic amines) is 1. The van der Waals surface area contributed by atoms with Gasteiger partial charge in [-0.25, -0.2) is 0 Å². The lowest BCUT2D eigenvalue weighted by molar-refractivity contribution is -0.221. The van der Waals surface area contributed by atoms with Gasteiger partial charge < -0.3 is 9.64 Å². The van der Waals surface area contributed by atoms with Crippen molar-refractivity contribution in [1.82, 2.24) is 4.90 Å². The van der Waals surface area contributed by atoms with Crippen molar-refractivity contribution in [2.75, 3.05) is 19.7 Å². The van der Waals surface area contributed by atoms with E-state index in [4.69, 9.17) is 10.00 Å². The van der Waals surface area contributed by atoms with Gasteiger partial charge in [-0.1, -0.05) is 0 Å². The summed E-state index contributed by atoms with van der Waals surface area (Å²) in [5.74, 6) is -0.0707. The Hall–Kier alpha value is -1.08. The Morgan fingerprint density at radius 3 is 2.75 bits per heavy atom. The minimum Gasteiger partial charge on any atom is -0.371 e. The molecule has 0 unspecified atom stereocenters. The number of amides is 1. The van der Waals surface area contributed by atoms with Crippen LogP contribution in [0.5, 0.6) is 0 Å². The van der Waals surface area contributed by atoms with Crippen LogP contribution in [0.25, 0.3) is 0 Å². The maximum absolute atomic E-state index is 11.1. The standard InChI is InChI=1S/C8H10N2O2/c9-3-1-7(11)10-5-8(6-10)2-4-12-8/h1-2,4-6H2. The molecule has 2 aliphatic heterocycles. The van der Waals surface area contributed by atoms with Crippen molar-refractivity contribution in [2.24, 2.45) is 0 Å². The van der Waals surface area contributed by atoms with Gasteiger partial charge in [0.15, 0.2) is 0 Å². The van der Waals surface area contributed by atoms with E-state index in [1.807, 2.05) is 6.07 Å². The van der Waals surface area contributed by atoms with Crippen molar-refractivity contribution in [1.29, 1.82) is 5.26 Å². The molecule has 4 heteroatoms. The highest BCUT2D eigenvalue weighted by molar-refractivity contribution is 5.79. The zero-order valence-electron chi connectivity index (χ0n) is 6.75. The Kier molecular flexibility index (Phi) is 1.55. The molecule has 2 heterocycles. The topological polar surface area (TPSA) is 53.3 Å². The molecule has 0 aromatic heterocycles. The third-order valence-corrected chi connectivity index (χ3v) is 2.51. The fraction of sp³-hybridized carbons (Fsp3) is 0.750. The highest BCUT2D eigenvalue weighted by Gasteiger charge is 2.50. The summed E-state index contributed by atoms with van der Waals surface area (Å²) in [6.07, 6.45) is 1.05. The minimum absolute atomic E-state index is 0.00389. The number of hydrogen-bond acceptors (Lipinski definition) is 3. The van der Waals surface area contributed by atoms with Crippen molar-refractivity contribution in [3.63, 3.8) is 0 Å². The first-order valence-corrected chi connectivity index (χ1v) is 4.04. The predicted octanol–water partition coefficient (Wildman–Crippen LogP) is -0.0986. The molecule has 0 aromatic carbocycles. The smallest absolute Gasteiger partial charge is 0.236 e. The first-order valence-electron chi connectivity index (χ1n) is 4.04. The third-order valence-electron chi connectivity index (χ3n) is 2.51. The fourth-order valence-electron chi connectivity index (χ4n) is 1.65. The summed E-state index contributed by atoms with van der Waals surface area (Å²) in [7, 11) is 0. The van der Waals surface area contributed by atoms with Crippen molar-refractivity contribution < 1.29 is 9.53 Å². The van der Waals surface area contributed by atoms with Gasteiger partial charge in [0.1, 0.15) is 12.0 Å². The second kappa shape index (κ2) is 2.46. The first-order chi connectivity index (χ1) is 5.76. The molecular formula is C8H10N2O2. The van der Waals surface area contributed by atoms with Crippen LogP contribution >= 0.6 is 0 Å². The number of nitrogens with zero attached hydrogens (tertiary/aromatic N) is 2. The van der Waals surface area contributed by atoms with Crippen LogP contribution in [0, 0.1) is 11.3 Å². The molecule has 2 rings (SSSR count). The summed E-state index contributed by atoms with van der Waals surface area (Å²) >= 11 is 0. The molecule has 4 nitrogen and oxygen atoms in total. The number of carbonyl (C=O) groups is 1. The maximum atomic E-state index is 11.1. The second-order valence-electron chi connectivity index (χ2n) is 3.37.